The van der Waals surface area contributed by atoms with E-state index < -0.39 is 11.5 Å². The lowest BCUT2D eigenvalue weighted by Crippen LogP contribution is -2.67. The number of anilines is 2. The van der Waals surface area contributed by atoms with Gasteiger partial charge in [0.25, 0.3) is 5.91 Å². The summed E-state index contributed by atoms with van der Waals surface area (Å²) in [6.07, 6.45) is 1.18. The first-order valence-corrected chi connectivity index (χ1v) is 8.96. The molecule has 7 heteroatoms. The zero-order chi connectivity index (χ0) is 19.0. The van der Waals surface area contributed by atoms with Gasteiger partial charge >= 0.3 is 6.03 Å². The van der Waals surface area contributed by atoms with Crippen LogP contribution in [-0.2, 0) is 0 Å². The number of nitrogens with zero attached hydrogens (tertiary/aromatic N) is 2. The molecule has 1 spiro atoms. The molecule has 0 atom stereocenters. The summed E-state index contributed by atoms with van der Waals surface area (Å²) >= 11 is 0. The average Bonchev–Trinajstić information content (AvgIpc) is 2.69. The second kappa shape index (κ2) is 6.57. The molecule has 27 heavy (non-hydrogen) atoms. The second-order valence-electron chi connectivity index (χ2n) is 6.96. The quantitative estimate of drug-likeness (QED) is 0.813. The molecule has 2 N–H and O–H groups in total. The van der Waals surface area contributed by atoms with Crippen LogP contribution in [0, 0.1) is 5.82 Å². The number of urea groups is 1. The smallest absolute Gasteiger partial charge is 0.321 e. The molecule has 2 aliphatic rings. The van der Waals surface area contributed by atoms with Crippen molar-refractivity contribution < 1.29 is 14.0 Å². The molecule has 140 valence electrons. The molecule has 0 saturated carbocycles. The highest BCUT2D eigenvalue weighted by molar-refractivity contribution is 6.02. The maximum Gasteiger partial charge on any atom is 0.321 e. The van der Waals surface area contributed by atoms with Crippen LogP contribution in [0.15, 0.2) is 48.5 Å². The zero-order valence-electron chi connectivity index (χ0n) is 15.0. The second-order valence-corrected chi connectivity index (χ2v) is 6.96. The Balaban J connectivity index is 1.47. The van der Waals surface area contributed by atoms with Crippen molar-refractivity contribution in [2.24, 2.45) is 0 Å². The average molecular weight is 368 g/mol. The van der Waals surface area contributed by atoms with E-state index in [0.717, 1.165) is 5.69 Å². The lowest BCUT2D eigenvalue weighted by atomic mass is 9.90. The predicted octanol–water partition coefficient (Wildman–Crippen LogP) is 3.03. The van der Waals surface area contributed by atoms with Crippen molar-refractivity contribution in [3.8, 4) is 0 Å². The number of hydrogen-bond donors (Lipinski definition) is 2. The summed E-state index contributed by atoms with van der Waals surface area (Å²) < 4.78 is 13.8. The van der Waals surface area contributed by atoms with E-state index in [1.807, 2.05) is 31.3 Å². The zero-order valence-corrected chi connectivity index (χ0v) is 15.0. The van der Waals surface area contributed by atoms with Gasteiger partial charge in [-0.15, -0.1) is 0 Å². The van der Waals surface area contributed by atoms with Gasteiger partial charge in [-0.25, -0.2) is 9.18 Å². The fourth-order valence-electron chi connectivity index (χ4n) is 3.85. The fourth-order valence-corrected chi connectivity index (χ4v) is 3.85. The van der Waals surface area contributed by atoms with Gasteiger partial charge < -0.3 is 20.4 Å². The van der Waals surface area contributed by atoms with E-state index in [2.05, 4.69) is 15.5 Å². The number of halogens is 1. The van der Waals surface area contributed by atoms with Gasteiger partial charge in [-0.1, -0.05) is 24.3 Å². The van der Waals surface area contributed by atoms with Gasteiger partial charge in [-0.2, -0.15) is 0 Å². The number of hydrogen-bond acceptors (Lipinski definition) is 3. The van der Waals surface area contributed by atoms with Gasteiger partial charge in [-0.05, 0) is 24.3 Å². The normalized spacial score (nSPS) is 18.1. The van der Waals surface area contributed by atoms with Crippen LogP contribution in [0.4, 0.5) is 20.6 Å². The standard InChI is InChI=1S/C20H21FN4O2/c1-24-17-9-5-2-6-14(17)18(26)23-20(24)10-12-25(13-11-20)19(27)22-16-8-4-3-7-15(16)21/h2-9H,10-13H2,1H3,(H,22,27)(H,23,26). The van der Waals surface area contributed by atoms with Crippen molar-refractivity contribution in [1.29, 1.82) is 0 Å². The number of para-hydroxylation sites is 2. The topological polar surface area (TPSA) is 64.7 Å². The summed E-state index contributed by atoms with van der Waals surface area (Å²) in [5, 5.41) is 5.74. The van der Waals surface area contributed by atoms with Gasteiger partial charge in [0.15, 0.2) is 0 Å². The summed E-state index contributed by atoms with van der Waals surface area (Å²) in [5.41, 5.74) is 1.20. The van der Waals surface area contributed by atoms with Crippen molar-refractivity contribution in [2.45, 2.75) is 18.5 Å². The largest absolute Gasteiger partial charge is 0.351 e. The maximum atomic E-state index is 13.8. The van der Waals surface area contributed by atoms with E-state index >= 15 is 0 Å². The molecule has 2 aromatic rings. The Morgan fingerprint density at radius 3 is 2.52 bits per heavy atom. The van der Waals surface area contributed by atoms with Gasteiger partial charge in [0, 0.05) is 33.0 Å². The third kappa shape index (κ3) is 2.99. The maximum absolute atomic E-state index is 13.8. The molecule has 0 aromatic heterocycles. The Kier molecular flexibility index (Phi) is 4.22. The van der Waals surface area contributed by atoms with E-state index in [1.165, 1.54) is 12.1 Å². The number of fused-ring (bicyclic) bond motifs is 1. The molecular formula is C20H21FN4O2. The van der Waals surface area contributed by atoms with Crippen LogP contribution >= 0.6 is 0 Å². The third-order valence-electron chi connectivity index (χ3n) is 5.49. The molecule has 2 aromatic carbocycles. The molecule has 0 aliphatic carbocycles. The Morgan fingerprint density at radius 2 is 1.78 bits per heavy atom. The van der Waals surface area contributed by atoms with Crippen LogP contribution in [0.2, 0.25) is 0 Å². The fraction of sp³-hybridized carbons (Fsp3) is 0.300. The van der Waals surface area contributed by atoms with Crippen LogP contribution < -0.4 is 15.5 Å². The molecule has 3 amide bonds. The van der Waals surface area contributed by atoms with Crippen LogP contribution in [-0.4, -0.2) is 42.6 Å². The summed E-state index contributed by atoms with van der Waals surface area (Å²) in [6, 6.07) is 13.3. The molecule has 0 bridgehead atoms. The number of nitrogens with one attached hydrogen (secondary N) is 2. The lowest BCUT2D eigenvalue weighted by molar-refractivity contribution is 0.0815. The van der Waals surface area contributed by atoms with Crippen molar-refractivity contribution in [3.05, 3.63) is 59.9 Å². The number of amides is 3. The first-order valence-electron chi connectivity index (χ1n) is 8.96. The number of piperidine rings is 1. The number of likely N-dealkylation sites (tertiary alicyclic amines) is 1. The van der Waals surface area contributed by atoms with Gasteiger partial charge in [-0.3, -0.25) is 4.79 Å². The first-order chi connectivity index (χ1) is 13.0. The van der Waals surface area contributed by atoms with Crippen LogP contribution in [0.3, 0.4) is 0 Å². The lowest BCUT2D eigenvalue weighted by Gasteiger charge is -2.51. The van der Waals surface area contributed by atoms with Crippen LogP contribution in [0.25, 0.3) is 0 Å². The van der Waals surface area contributed by atoms with E-state index in [9.17, 15) is 14.0 Å². The number of benzene rings is 2. The minimum absolute atomic E-state index is 0.0899. The van der Waals surface area contributed by atoms with E-state index in [1.54, 1.807) is 17.0 Å². The van der Waals surface area contributed by atoms with Gasteiger partial charge in [0.05, 0.1) is 16.9 Å². The Morgan fingerprint density at radius 1 is 1.11 bits per heavy atom. The highest BCUT2D eigenvalue weighted by Crippen LogP contribution is 2.36. The third-order valence-corrected chi connectivity index (χ3v) is 5.49. The van der Waals surface area contributed by atoms with E-state index in [4.69, 9.17) is 0 Å². The molecule has 2 heterocycles. The molecule has 0 unspecified atom stereocenters. The SMILES string of the molecule is CN1c2ccccc2C(=O)NC12CCN(C(=O)Nc1ccccc1F)CC2. The monoisotopic (exact) mass is 368 g/mol. The minimum Gasteiger partial charge on any atom is -0.351 e. The minimum atomic E-state index is -0.514. The number of rotatable bonds is 1. The Bertz CT molecular complexity index is 893. The van der Waals surface area contributed by atoms with E-state index in [0.29, 0.717) is 31.5 Å². The van der Waals surface area contributed by atoms with Gasteiger partial charge in [0.1, 0.15) is 11.5 Å². The Labute approximate surface area is 157 Å². The first kappa shape index (κ1) is 17.3. The molecular weight excluding hydrogens is 347 g/mol. The molecule has 1 fully saturated rings. The highest BCUT2D eigenvalue weighted by Gasteiger charge is 2.44. The molecule has 4 rings (SSSR count). The summed E-state index contributed by atoms with van der Waals surface area (Å²) in [4.78, 5) is 28.8. The Hall–Kier alpha value is -3.09. The number of carbonyl (C=O) groups is 2. The van der Waals surface area contributed by atoms with Crippen LogP contribution in [0.5, 0.6) is 0 Å². The molecule has 1 saturated heterocycles. The summed E-state index contributed by atoms with van der Waals surface area (Å²) in [5.74, 6) is -0.553. The molecule has 0 radical (unpaired) electrons. The summed E-state index contributed by atoms with van der Waals surface area (Å²) in [7, 11) is 1.97. The number of carbonyl (C=O) groups excluding carboxylic acids is 2. The molecule has 6 nitrogen and oxygen atoms in total. The van der Waals surface area contributed by atoms with Crippen LogP contribution in [0.1, 0.15) is 23.2 Å². The van der Waals surface area contributed by atoms with Crippen molar-refractivity contribution >= 4 is 23.3 Å². The predicted molar refractivity (Wildman–Crippen MR) is 101 cm³/mol. The highest BCUT2D eigenvalue weighted by atomic mass is 19.1. The van der Waals surface area contributed by atoms with Crippen molar-refractivity contribution in [3.63, 3.8) is 0 Å². The van der Waals surface area contributed by atoms with E-state index in [-0.39, 0.29) is 17.6 Å². The molecule has 2 aliphatic heterocycles. The van der Waals surface area contributed by atoms with Gasteiger partial charge in [0.2, 0.25) is 0 Å². The summed E-state index contributed by atoms with van der Waals surface area (Å²) in [6.45, 7) is 0.931. The van der Waals surface area contributed by atoms with Crippen molar-refractivity contribution in [1.82, 2.24) is 10.2 Å². The van der Waals surface area contributed by atoms with Crippen molar-refractivity contribution in [2.75, 3.05) is 30.4 Å².